The van der Waals surface area contributed by atoms with Crippen LogP contribution in [0.1, 0.15) is 46.0 Å². The van der Waals surface area contributed by atoms with Gasteiger partial charge >= 0.3 is 0 Å². The number of anilines is 2. The van der Waals surface area contributed by atoms with Gasteiger partial charge in [-0.05, 0) is 44.6 Å². The van der Waals surface area contributed by atoms with E-state index in [0.717, 1.165) is 24.2 Å². The van der Waals surface area contributed by atoms with Crippen molar-refractivity contribution in [1.82, 2.24) is 9.97 Å². The second kappa shape index (κ2) is 6.73. The van der Waals surface area contributed by atoms with E-state index in [4.69, 9.17) is 0 Å². The summed E-state index contributed by atoms with van der Waals surface area (Å²) in [6.07, 6.45) is 8.46. The van der Waals surface area contributed by atoms with Gasteiger partial charge in [0.05, 0.1) is 0 Å². The first kappa shape index (κ1) is 14.1. The topological polar surface area (TPSA) is 41.1 Å². The highest BCUT2D eigenvalue weighted by Gasteiger charge is 2.23. The molecule has 1 heterocycles. The molecule has 1 N–H and O–H groups in total. The molecular weight excluding hydrogens is 236 g/mol. The van der Waals surface area contributed by atoms with E-state index in [-0.39, 0.29) is 0 Å². The molecule has 19 heavy (non-hydrogen) atoms. The highest BCUT2D eigenvalue weighted by molar-refractivity contribution is 5.42. The summed E-state index contributed by atoms with van der Waals surface area (Å²) in [4.78, 5) is 11.1. The molecule has 0 amide bonds. The van der Waals surface area contributed by atoms with Crippen molar-refractivity contribution in [3.8, 4) is 0 Å². The molecular formula is C15H26N4. The summed E-state index contributed by atoms with van der Waals surface area (Å²) < 4.78 is 0. The van der Waals surface area contributed by atoms with E-state index < -0.39 is 0 Å². The predicted molar refractivity (Wildman–Crippen MR) is 80.6 cm³/mol. The van der Waals surface area contributed by atoms with Gasteiger partial charge in [-0.25, -0.2) is 4.98 Å². The standard InChI is InChI=1S/C15H26N4/c1-4-12-6-8-13(9-7-12)19(3)14-10-11-17-15(18-14)16-5-2/h10-13H,4-9H2,1-3H3,(H,16,17,18). The minimum Gasteiger partial charge on any atom is -0.357 e. The van der Waals surface area contributed by atoms with Crippen LogP contribution in [0.2, 0.25) is 0 Å². The lowest BCUT2D eigenvalue weighted by atomic mass is 9.84. The molecule has 2 rings (SSSR count). The first-order valence-electron chi connectivity index (χ1n) is 7.54. The Morgan fingerprint density at radius 3 is 2.63 bits per heavy atom. The highest BCUT2D eigenvalue weighted by atomic mass is 15.2. The summed E-state index contributed by atoms with van der Waals surface area (Å²) >= 11 is 0. The number of hydrogen-bond acceptors (Lipinski definition) is 4. The molecule has 1 aliphatic carbocycles. The summed E-state index contributed by atoms with van der Waals surface area (Å²) in [5, 5.41) is 3.17. The van der Waals surface area contributed by atoms with Crippen LogP contribution in [0.4, 0.5) is 11.8 Å². The number of nitrogens with zero attached hydrogens (tertiary/aromatic N) is 3. The summed E-state index contributed by atoms with van der Waals surface area (Å²) in [5.74, 6) is 2.70. The zero-order valence-electron chi connectivity index (χ0n) is 12.4. The number of hydrogen-bond donors (Lipinski definition) is 1. The van der Waals surface area contributed by atoms with Crippen molar-refractivity contribution >= 4 is 11.8 Å². The highest BCUT2D eigenvalue weighted by Crippen LogP contribution is 2.30. The normalized spacial score (nSPS) is 23.1. The fourth-order valence-electron chi connectivity index (χ4n) is 2.92. The average Bonchev–Trinajstić information content (AvgIpc) is 2.47. The van der Waals surface area contributed by atoms with Gasteiger partial charge < -0.3 is 10.2 Å². The predicted octanol–water partition coefficient (Wildman–Crippen LogP) is 3.31. The first-order chi connectivity index (χ1) is 9.24. The molecule has 0 saturated heterocycles. The summed E-state index contributed by atoms with van der Waals surface area (Å²) in [6.45, 7) is 5.22. The number of nitrogens with one attached hydrogen (secondary N) is 1. The third-order valence-electron chi connectivity index (χ3n) is 4.28. The van der Waals surface area contributed by atoms with Crippen molar-refractivity contribution in [1.29, 1.82) is 0 Å². The van der Waals surface area contributed by atoms with Gasteiger partial charge in [0.25, 0.3) is 0 Å². The van der Waals surface area contributed by atoms with E-state index in [0.29, 0.717) is 6.04 Å². The lowest BCUT2D eigenvalue weighted by Crippen LogP contribution is -2.35. The SMILES string of the molecule is CCNc1nccc(N(C)C2CCC(CC)CC2)n1. The molecule has 4 nitrogen and oxygen atoms in total. The molecule has 1 aliphatic rings. The van der Waals surface area contributed by atoms with E-state index in [1.165, 1.54) is 32.1 Å². The van der Waals surface area contributed by atoms with E-state index in [1.54, 1.807) is 0 Å². The maximum atomic E-state index is 4.58. The van der Waals surface area contributed by atoms with Gasteiger partial charge in [0, 0.05) is 25.8 Å². The Morgan fingerprint density at radius 2 is 2.00 bits per heavy atom. The first-order valence-corrected chi connectivity index (χ1v) is 7.54. The van der Waals surface area contributed by atoms with E-state index >= 15 is 0 Å². The molecule has 1 saturated carbocycles. The van der Waals surface area contributed by atoms with Crippen LogP contribution in [0.5, 0.6) is 0 Å². The third kappa shape index (κ3) is 3.58. The van der Waals surface area contributed by atoms with E-state index in [1.807, 2.05) is 12.3 Å². The van der Waals surface area contributed by atoms with Crippen LogP contribution in [-0.2, 0) is 0 Å². The second-order valence-corrected chi connectivity index (χ2v) is 5.46. The lowest BCUT2D eigenvalue weighted by Gasteiger charge is -2.35. The van der Waals surface area contributed by atoms with Gasteiger partial charge in [-0.3, -0.25) is 0 Å². The van der Waals surface area contributed by atoms with Crippen LogP contribution in [-0.4, -0.2) is 29.6 Å². The quantitative estimate of drug-likeness (QED) is 0.884. The van der Waals surface area contributed by atoms with Crippen molar-refractivity contribution in [2.24, 2.45) is 5.92 Å². The Kier molecular flexibility index (Phi) is 5.00. The smallest absolute Gasteiger partial charge is 0.224 e. The average molecular weight is 262 g/mol. The number of aromatic nitrogens is 2. The largest absolute Gasteiger partial charge is 0.357 e. The summed E-state index contributed by atoms with van der Waals surface area (Å²) in [7, 11) is 2.16. The van der Waals surface area contributed by atoms with Crippen LogP contribution in [0.25, 0.3) is 0 Å². The molecule has 0 bridgehead atoms. The van der Waals surface area contributed by atoms with Crippen molar-refractivity contribution in [3.05, 3.63) is 12.3 Å². The third-order valence-corrected chi connectivity index (χ3v) is 4.28. The van der Waals surface area contributed by atoms with Crippen LogP contribution in [0.15, 0.2) is 12.3 Å². The van der Waals surface area contributed by atoms with Crippen molar-refractivity contribution in [2.45, 2.75) is 52.0 Å². The Hall–Kier alpha value is -1.32. The maximum absolute atomic E-state index is 4.58. The Morgan fingerprint density at radius 1 is 1.26 bits per heavy atom. The van der Waals surface area contributed by atoms with Gasteiger partial charge in [-0.2, -0.15) is 4.98 Å². The zero-order valence-corrected chi connectivity index (χ0v) is 12.4. The van der Waals surface area contributed by atoms with Crippen molar-refractivity contribution in [2.75, 3.05) is 23.8 Å². The molecule has 0 atom stereocenters. The molecule has 0 aliphatic heterocycles. The van der Waals surface area contributed by atoms with E-state index in [9.17, 15) is 0 Å². The molecule has 1 aromatic rings. The van der Waals surface area contributed by atoms with Gasteiger partial charge in [-0.15, -0.1) is 0 Å². The molecule has 1 fully saturated rings. The molecule has 0 radical (unpaired) electrons. The Bertz CT molecular complexity index is 385. The monoisotopic (exact) mass is 262 g/mol. The molecule has 0 unspecified atom stereocenters. The van der Waals surface area contributed by atoms with Crippen molar-refractivity contribution in [3.63, 3.8) is 0 Å². The van der Waals surface area contributed by atoms with Gasteiger partial charge in [0.15, 0.2) is 0 Å². The maximum Gasteiger partial charge on any atom is 0.224 e. The summed E-state index contributed by atoms with van der Waals surface area (Å²) in [5.41, 5.74) is 0. The molecule has 0 aromatic carbocycles. The molecule has 0 spiro atoms. The van der Waals surface area contributed by atoms with Crippen molar-refractivity contribution < 1.29 is 0 Å². The molecule has 106 valence electrons. The van der Waals surface area contributed by atoms with Gasteiger partial charge in [-0.1, -0.05) is 13.3 Å². The van der Waals surface area contributed by atoms with Crippen LogP contribution in [0, 0.1) is 5.92 Å². The van der Waals surface area contributed by atoms with Gasteiger partial charge in [0.2, 0.25) is 5.95 Å². The van der Waals surface area contributed by atoms with Crippen LogP contribution >= 0.6 is 0 Å². The minimum atomic E-state index is 0.632. The second-order valence-electron chi connectivity index (χ2n) is 5.46. The minimum absolute atomic E-state index is 0.632. The lowest BCUT2D eigenvalue weighted by molar-refractivity contribution is 0.313. The van der Waals surface area contributed by atoms with Crippen LogP contribution < -0.4 is 10.2 Å². The zero-order chi connectivity index (χ0) is 13.7. The Labute approximate surface area is 116 Å². The Balaban J connectivity index is 1.99. The summed E-state index contributed by atoms with van der Waals surface area (Å²) in [6, 6.07) is 2.64. The molecule has 4 heteroatoms. The van der Waals surface area contributed by atoms with Gasteiger partial charge in [0.1, 0.15) is 5.82 Å². The molecule has 1 aromatic heterocycles. The van der Waals surface area contributed by atoms with Crippen LogP contribution in [0.3, 0.4) is 0 Å². The fraction of sp³-hybridized carbons (Fsp3) is 0.733. The van der Waals surface area contributed by atoms with E-state index in [2.05, 4.69) is 41.1 Å². The number of rotatable bonds is 5. The fourth-order valence-corrected chi connectivity index (χ4v) is 2.92.